The van der Waals surface area contributed by atoms with E-state index in [1.807, 2.05) is 0 Å². The Hall–Kier alpha value is -3.62. The summed E-state index contributed by atoms with van der Waals surface area (Å²) in [5, 5.41) is 75.5. The van der Waals surface area contributed by atoms with Crippen LogP contribution in [0.15, 0.2) is 29.1 Å². The standard InChI is InChI=1S/C33H43NO16/c1-13(37)34-17-7-5-14-9-20(30(45-3)31(46-4)23(14)15-6-8-19(44-2)18(38)10-16(15)17)47-32-28(43)26(41)29(22(12-36)49-32)50-33-27(42)25(40)24(39)21(11-35)48-33/h6,8-10,17,21-22,24-29,32-33,35-36,39-43H,5,7,11-12H2,1-4H3,(H,34,37)/t17-,21+,22+,24-,25-,26+,27+,28+,29+,32+,33-/m0/s1. The second-order valence-electron chi connectivity index (χ2n) is 12.2. The number of amides is 1. The number of hydrogen-bond acceptors (Lipinski definition) is 16. The van der Waals surface area contributed by atoms with Crippen molar-refractivity contribution in [3.05, 3.63) is 45.6 Å². The first-order chi connectivity index (χ1) is 23.9. The van der Waals surface area contributed by atoms with E-state index in [0.29, 0.717) is 35.1 Å². The Kier molecular flexibility index (Phi) is 11.8. The third-order valence-electron chi connectivity index (χ3n) is 9.08. The fraction of sp³-hybridized carbons (Fsp3) is 0.576. The van der Waals surface area contributed by atoms with Crippen LogP contribution in [-0.4, -0.2) is 138 Å². The second-order valence-corrected chi connectivity index (χ2v) is 12.2. The molecule has 2 fully saturated rings. The van der Waals surface area contributed by atoms with Crippen LogP contribution < -0.4 is 29.7 Å². The van der Waals surface area contributed by atoms with Gasteiger partial charge in [0.05, 0.1) is 40.6 Å². The summed E-state index contributed by atoms with van der Waals surface area (Å²) in [5.74, 6) is 0.0468. The lowest BCUT2D eigenvalue weighted by Gasteiger charge is -2.45. The predicted octanol–water partition coefficient (Wildman–Crippen LogP) is -2.13. The first-order valence-electron chi connectivity index (χ1n) is 15.9. The average Bonchev–Trinajstić information content (AvgIpc) is 3.34. The normalized spacial score (nSPS) is 32.2. The van der Waals surface area contributed by atoms with Gasteiger partial charge in [-0.05, 0) is 47.7 Å². The van der Waals surface area contributed by atoms with Crippen molar-refractivity contribution >= 4 is 5.91 Å². The summed E-state index contributed by atoms with van der Waals surface area (Å²) in [4.78, 5) is 25.2. The van der Waals surface area contributed by atoms with Gasteiger partial charge in [0.15, 0.2) is 23.5 Å². The molecule has 2 saturated heterocycles. The summed E-state index contributed by atoms with van der Waals surface area (Å²) in [7, 11) is 4.13. The molecule has 50 heavy (non-hydrogen) atoms. The van der Waals surface area contributed by atoms with E-state index >= 15 is 0 Å². The zero-order chi connectivity index (χ0) is 36.4. The molecule has 2 aromatic carbocycles. The summed E-state index contributed by atoms with van der Waals surface area (Å²) in [5.41, 5.74) is 1.87. The number of carbonyl (C=O) groups excluding carboxylic acids is 1. The number of rotatable bonds is 10. The molecule has 0 unspecified atom stereocenters. The minimum absolute atomic E-state index is 0.0197. The van der Waals surface area contributed by atoms with Crippen LogP contribution in [0.3, 0.4) is 0 Å². The molecule has 5 rings (SSSR count). The maximum Gasteiger partial charge on any atom is 0.229 e. The summed E-state index contributed by atoms with van der Waals surface area (Å²) in [6, 6.07) is 5.66. The molecule has 2 aromatic rings. The number of fused-ring (bicyclic) bond motifs is 3. The van der Waals surface area contributed by atoms with Gasteiger partial charge in [-0.25, -0.2) is 0 Å². The Labute approximate surface area is 286 Å². The van der Waals surface area contributed by atoms with Crippen molar-refractivity contribution in [2.45, 2.75) is 87.2 Å². The van der Waals surface area contributed by atoms with E-state index in [1.165, 1.54) is 40.4 Å². The van der Waals surface area contributed by atoms with Crippen molar-refractivity contribution < 1.29 is 73.7 Å². The molecule has 0 aromatic heterocycles. The molecule has 1 amide bonds. The lowest BCUT2D eigenvalue weighted by Crippen LogP contribution is -2.65. The summed E-state index contributed by atoms with van der Waals surface area (Å²) < 4.78 is 39.7. The zero-order valence-corrected chi connectivity index (χ0v) is 27.8. The van der Waals surface area contributed by atoms with Crippen LogP contribution in [0, 0.1) is 0 Å². The quantitative estimate of drug-likeness (QED) is 0.131. The van der Waals surface area contributed by atoms with Crippen molar-refractivity contribution in [1.82, 2.24) is 5.32 Å². The van der Waals surface area contributed by atoms with E-state index in [2.05, 4.69) is 5.32 Å². The minimum atomic E-state index is -1.82. The highest BCUT2D eigenvalue weighted by molar-refractivity contribution is 5.83. The van der Waals surface area contributed by atoms with Gasteiger partial charge in [0.1, 0.15) is 48.8 Å². The van der Waals surface area contributed by atoms with Crippen molar-refractivity contribution in [1.29, 1.82) is 0 Å². The largest absolute Gasteiger partial charge is 0.493 e. The number of ether oxygens (including phenoxy) is 7. The van der Waals surface area contributed by atoms with Crippen LogP contribution in [0.25, 0.3) is 11.1 Å². The Balaban J connectivity index is 1.49. The molecule has 0 radical (unpaired) electrons. The molecule has 8 N–H and O–H groups in total. The molecule has 17 nitrogen and oxygen atoms in total. The minimum Gasteiger partial charge on any atom is -0.493 e. The molecule has 2 heterocycles. The first kappa shape index (κ1) is 37.6. The van der Waals surface area contributed by atoms with Gasteiger partial charge < -0.3 is 74.2 Å². The van der Waals surface area contributed by atoms with Crippen LogP contribution in [0.1, 0.15) is 30.5 Å². The molecular weight excluding hydrogens is 666 g/mol. The van der Waals surface area contributed by atoms with Crippen LogP contribution in [-0.2, 0) is 25.4 Å². The number of aryl methyl sites for hydroxylation is 1. The highest BCUT2D eigenvalue weighted by Crippen LogP contribution is 2.51. The molecule has 17 heteroatoms. The van der Waals surface area contributed by atoms with E-state index < -0.39 is 86.1 Å². The summed E-state index contributed by atoms with van der Waals surface area (Å²) in [6.07, 6.45) is -15.7. The van der Waals surface area contributed by atoms with Gasteiger partial charge in [-0.15, -0.1) is 0 Å². The Morgan fingerprint density at radius 1 is 0.820 bits per heavy atom. The highest BCUT2D eigenvalue weighted by atomic mass is 16.7. The number of carbonyl (C=O) groups is 1. The lowest BCUT2D eigenvalue weighted by atomic mass is 9.95. The van der Waals surface area contributed by atoms with Crippen molar-refractivity contribution in [2.24, 2.45) is 0 Å². The second kappa shape index (κ2) is 15.7. The van der Waals surface area contributed by atoms with Gasteiger partial charge in [0.2, 0.25) is 23.4 Å². The van der Waals surface area contributed by atoms with Gasteiger partial charge in [0.25, 0.3) is 0 Å². The predicted molar refractivity (Wildman–Crippen MR) is 170 cm³/mol. The number of nitrogens with one attached hydrogen (secondary N) is 1. The molecular formula is C33H43NO16. The highest BCUT2D eigenvalue weighted by Gasteiger charge is 2.51. The van der Waals surface area contributed by atoms with E-state index in [0.717, 1.165) is 0 Å². The first-order valence-corrected chi connectivity index (χ1v) is 15.9. The van der Waals surface area contributed by atoms with Crippen LogP contribution >= 0.6 is 0 Å². The van der Waals surface area contributed by atoms with Gasteiger partial charge in [-0.2, -0.15) is 0 Å². The van der Waals surface area contributed by atoms with E-state index in [9.17, 15) is 45.3 Å². The average molecular weight is 710 g/mol. The monoisotopic (exact) mass is 709 g/mol. The third-order valence-corrected chi connectivity index (χ3v) is 9.08. The van der Waals surface area contributed by atoms with Crippen LogP contribution in [0.4, 0.5) is 0 Å². The maximum absolute atomic E-state index is 13.0. The van der Waals surface area contributed by atoms with E-state index in [-0.39, 0.29) is 28.9 Å². The van der Waals surface area contributed by atoms with Crippen molar-refractivity contribution in [2.75, 3.05) is 34.5 Å². The smallest absolute Gasteiger partial charge is 0.229 e. The topological polar surface area (TPSA) is 252 Å². The van der Waals surface area contributed by atoms with Gasteiger partial charge in [0, 0.05) is 12.5 Å². The fourth-order valence-electron chi connectivity index (χ4n) is 6.58. The molecule has 0 saturated carbocycles. The maximum atomic E-state index is 13.0. The van der Waals surface area contributed by atoms with Crippen LogP contribution in [0.5, 0.6) is 23.0 Å². The van der Waals surface area contributed by atoms with Gasteiger partial charge in [-0.1, -0.05) is 6.07 Å². The molecule has 0 spiro atoms. The molecule has 276 valence electrons. The number of methoxy groups -OCH3 is 3. The van der Waals surface area contributed by atoms with Crippen molar-refractivity contribution in [3.8, 4) is 34.1 Å². The number of aliphatic hydroxyl groups excluding tert-OH is 7. The fourth-order valence-corrected chi connectivity index (χ4v) is 6.58. The molecule has 11 atom stereocenters. The van der Waals surface area contributed by atoms with Crippen LogP contribution in [0.2, 0.25) is 0 Å². The summed E-state index contributed by atoms with van der Waals surface area (Å²) in [6.45, 7) is -0.119. The van der Waals surface area contributed by atoms with E-state index in [4.69, 9.17) is 33.2 Å². The third kappa shape index (κ3) is 7.11. The Morgan fingerprint density at radius 2 is 1.48 bits per heavy atom. The van der Waals surface area contributed by atoms with E-state index in [1.54, 1.807) is 12.1 Å². The van der Waals surface area contributed by atoms with Gasteiger partial charge >= 0.3 is 0 Å². The molecule has 1 aliphatic carbocycles. The number of aliphatic hydroxyl groups is 7. The summed E-state index contributed by atoms with van der Waals surface area (Å²) >= 11 is 0. The molecule has 3 aliphatic rings. The van der Waals surface area contributed by atoms with Gasteiger partial charge in [-0.3, -0.25) is 9.59 Å². The SMILES string of the molecule is COc1c(O[C@@H]2O[C@H](CO)[C@@H](O[C@@H]3O[C@H](CO)[C@H](O)[C@H](O)[C@H]3O)[C@H](O)[C@H]2O)cc2c(c1OC)-c1ccc(OC)c(=O)cc1[C@@H](NC(C)=O)CC2. The van der Waals surface area contributed by atoms with Crippen molar-refractivity contribution in [3.63, 3.8) is 0 Å². The number of hydrogen-bond donors (Lipinski definition) is 8. The molecule has 2 aliphatic heterocycles. The Morgan fingerprint density at radius 3 is 2.10 bits per heavy atom. The number of benzene rings is 1. The lowest BCUT2D eigenvalue weighted by molar-refractivity contribution is -0.352. The zero-order valence-electron chi connectivity index (χ0n) is 27.8. The Bertz CT molecular complexity index is 1590. The molecule has 0 bridgehead atoms.